The van der Waals surface area contributed by atoms with E-state index in [9.17, 15) is 26.0 Å². The second-order valence-electron chi connectivity index (χ2n) is 9.16. The van der Waals surface area contributed by atoms with Gasteiger partial charge in [0.25, 0.3) is 20.0 Å². The first-order valence-corrected chi connectivity index (χ1v) is 15.2. The van der Waals surface area contributed by atoms with E-state index in [0.29, 0.717) is 11.4 Å². The van der Waals surface area contributed by atoms with Crippen molar-refractivity contribution in [2.75, 3.05) is 28.0 Å². The van der Waals surface area contributed by atoms with Gasteiger partial charge in [-0.15, -0.1) is 0 Å². The molecule has 0 spiro atoms. The van der Waals surface area contributed by atoms with Crippen molar-refractivity contribution in [3.05, 3.63) is 108 Å². The Kier molecular flexibility index (Phi) is 8.64. The fourth-order valence-electron chi connectivity index (χ4n) is 3.90. The lowest BCUT2D eigenvalue weighted by atomic mass is 10.1. The minimum Gasteiger partial charge on any atom is -0.497 e. The van der Waals surface area contributed by atoms with Crippen molar-refractivity contribution in [1.29, 1.82) is 0 Å². The van der Waals surface area contributed by atoms with Gasteiger partial charge in [0.15, 0.2) is 0 Å². The summed E-state index contributed by atoms with van der Waals surface area (Å²) in [5, 5.41) is 2.59. The number of ether oxygens (including phenoxy) is 1. The lowest BCUT2D eigenvalue weighted by molar-refractivity contribution is -0.114. The number of sulfonamides is 2. The van der Waals surface area contributed by atoms with Crippen molar-refractivity contribution in [2.24, 2.45) is 0 Å². The van der Waals surface area contributed by atoms with Crippen LogP contribution in [0.1, 0.15) is 11.1 Å². The Hall–Kier alpha value is -4.42. The fourth-order valence-corrected chi connectivity index (χ4v) is 6.44. The highest BCUT2D eigenvalue weighted by molar-refractivity contribution is 7.93. The molecule has 1 amide bonds. The second kappa shape index (κ2) is 12.0. The van der Waals surface area contributed by atoms with Crippen LogP contribution in [-0.4, -0.2) is 36.4 Å². The van der Waals surface area contributed by atoms with Gasteiger partial charge in [0.1, 0.15) is 18.1 Å². The molecule has 0 heterocycles. The molecule has 0 saturated heterocycles. The third-order valence-electron chi connectivity index (χ3n) is 6.14. The van der Waals surface area contributed by atoms with E-state index in [-0.39, 0.29) is 21.2 Å². The van der Waals surface area contributed by atoms with Crippen molar-refractivity contribution >= 4 is 43.0 Å². The smallest absolute Gasteiger partial charge is 0.264 e. The largest absolute Gasteiger partial charge is 0.497 e. The molecule has 4 aromatic carbocycles. The molecule has 9 nitrogen and oxygen atoms in total. The lowest BCUT2D eigenvalue weighted by Gasteiger charge is -2.24. The van der Waals surface area contributed by atoms with Crippen molar-refractivity contribution < 1.29 is 30.8 Å². The quantitative estimate of drug-likeness (QED) is 0.263. The normalized spacial score (nSPS) is 11.5. The van der Waals surface area contributed by atoms with E-state index in [1.54, 1.807) is 13.0 Å². The molecule has 0 aliphatic carbocycles. The van der Waals surface area contributed by atoms with Gasteiger partial charge in [-0.3, -0.25) is 13.8 Å². The molecule has 0 fully saturated rings. The Bertz CT molecular complexity index is 1760. The van der Waals surface area contributed by atoms with Gasteiger partial charge in [0.2, 0.25) is 5.91 Å². The number of hydrogen-bond acceptors (Lipinski definition) is 6. The second-order valence-corrected chi connectivity index (χ2v) is 12.7. The highest BCUT2D eigenvalue weighted by atomic mass is 32.2. The van der Waals surface area contributed by atoms with Crippen molar-refractivity contribution in [1.82, 2.24) is 0 Å². The number of rotatable bonds is 10. The standard InChI is InChI=1S/C29H28FN3O6S2/c1-20-4-5-21(2)28(18-20)32-40(35,36)26-14-8-23(9-15-26)31-29(34)19-33(24-10-6-22(30)7-11-24)41(37,38)27-16-12-25(39-3)13-17-27/h4-18,32H,19H2,1-3H3,(H,31,34). The molecule has 4 rings (SSSR count). The molecule has 41 heavy (non-hydrogen) atoms. The summed E-state index contributed by atoms with van der Waals surface area (Å²) in [6.07, 6.45) is 0. The molecule has 0 aliphatic rings. The van der Waals surface area contributed by atoms with E-state index in [1.807, 2.05) is 19.1 Å². The molecular formula is C29H28FN3O6S2. The van der Waals surface area contributed by atoms with E-state index in [2.05, 4.69) is 10.0 Å². The summed E-state index contributed by atoms with van der Waals surface area (Å²) < 4.78 is 74.9. The number of nitrogens with zero attached hydrogens (tertiary/aromatic N) is 1. The van der Waals surface area contributed by atoms with Gasteiger partial charge in [0.05, 0.1) is 28.3 Å². The lowest BCUT2D eigenvalue weighted by Crippen LogP contribution is -2.38. The summed E-state index contributed by atoms with van der Waals surface area (Å²) in [5.74, 6) is -0.817. The average molecular weight is 598 g/mol. The summed E-state index contributed by atoms with van der Waals surface area (Å²) in [7, 11) is -6.69. The SMILES string of the molecule is COc1ccc(S(=O)(=O)N(CC(=O)Nc2ccc(S(=O)(=O)Nc3cc(C)ccc3C)cc2)c2ccc(F)cc2)cc1. The van der Waals surface area contributed by atoms with Crippen LogP contribution in [0.4, 0.5) is 21.5 Å². The zero-order valence-electron chi connectivity index (χ0n) is 22.5. The molecule has 0 aliphatic heterocycles. The van der Waals surface area contributed by atoms with Crippen molar-refractivity contribution in [2.45, 2.75) is 23.6 Å². The van der Waals surface area contributed by atoms with E-state index in [0.717, 1.165) is 27.6 Å². The van der Waals surface area contributed by atoms with Gasteiger partial charge in [-0.05, 0) is 104 Å². The molecule has 0 aromatic heterocycles. The van der Waals surface area contributed by atoms with Crippen molar-refractivity contribution in [3.8, 4) is 5.75 Å². The third kappa shape index (κ3) is 7.02. The molecular weight excluding hydrogens is 569 g/mol. The number of nitrogens with one attached hydrogen (secondary N) is 2. The van der Waals surface area contributed by atoms with Gasteiger partial charge in [-0.2, -0.15) is 0 Å². The number of benzene rings is 4. The van der Waals surface area contributed by atoms with Gasteiger partial charge >= 0.3 is 0 Å². The Labute approximate surface area is 238 Å². The molecule has 214 valence electrons. The summed E-state index contributed by atoms with van der Waals surface area (Å²) >= 11 is 0. The first kappa shape index (κ1) is 29.6. The first-order valence-electron chi connectivity index (χ1n) is 12.3. The number of amides is 1. The molecule has 0 bridgehead atoms. The maximum Gasteiger partial charge on any atom is 0.264 e. The fraction of sp³-hybridized carbons (Fsp3) is 0.138. The Balaban J connectivity index is 1.53. The number of carbonyl (C=O) groups is 1. The minimum atomic E-state index is -4.23. The highest BCUT2D eigenvalue weighted by Crippen LogP contribution is 2.26. The first-order chi connectivity index (χ1) is 19.4. The molecule has 0 atom stereocenters. The van der Waals surface area contributed by atoms with Crippen LogP contribution in [0, 0.1) is 19.7 Å². The van der Waals surface area contributed by atoms with Crippen LogP contribution in [0.3, 0.4) is 0 Å². The Morgan fingerprint density at radius 1 is 0.829 bits per heavy atom. The monoisotopic (exact) mass is 597 g/mol. The van der Waals surface area contributed by atoms with E-state index in [1.165, 1.54) is 67.8 Å². The van der Waals surface area contributed by atoms with Crippen LogP contribution in [0.2, 0.25) is 0 Å². The molecule has 12 heteroatoms. The van der Waals surface area contributed by atoms with Gasteiger partial charge in [-0.25, -0.2) is 21.2 Å². The Morgan fingerprint density at radius 3 is 2.05 bits per heavy atom. The maximum absolute atomic E-state index is 13.6. The van der Waals surface area contributed by atoms with Gasteiger partial charge < -0.3 is 10.1 Å². The predicted molar refractivity (Wildman–Crippen MR) is 156 cm³/mol. The molecule has 0 unspecified atom stereocenters. The number of methoxy groups -OCH3 is 1. The summed E-state index contributed by atoms with van der Waals surface area (Å²) in [4.78, 5) is 12.9. The molecule has 0 radical (unpaired) electrons. The number of halogens is 1. The van der Waals surface area contributed by atoms with Crippen LogP contribution >= 0.6 is 0 Å². The van der Waals surface area contributed by atoms with Crippen LogP contribution < -0.4 is 19.1 Å². The zero-order chi connectivity index (χ0) is 29.8. The van der Waals surface area contributed by atoms with Crippen LogP contribution in [0.15, 0.2) is 101 Å². The number of hydrogen-bond donors (Lipinski definition) is 2. The summed E-state index contributed by atoms with van der Waals surface area (Å²) in [5.41, 5.74) is 2.45. The van der Waals surface area contributed by atoms with Crippen molar-refractivity contribution in [3.63, 3.8) is 0 Å². The van der Waals surface area contributed by atoms with E-state index < -0.39 is 38.3 Å². The van der Waals surface area contributed by atoms with Crippen LogP contribution in [-0.2, 0) is 24.8 Å². The topological polar surface area (TPSA) is 122 Å². The summed E-state index contributed by atoms with van der Waals surface area (Å²) in [6.45, 7) is 3.02. The van der Waals surface area contributed by atoms with Crippen LogP contribution in [0.25, 0.3) is 0 Å². The predicted octanol–water partition coefficient (Wildman–Crippen LogP) is 5.09. The maximum atomic E-state index is 13.6. The van der Waals surface area contributed by atoms with E-state index in [4.69, 9.17) is 4.74 Å². The molecule has 2 N–H and O–H groups in total. The minimum absolute atomic E-state index is 0.0218. The number of carbonyl (C=O) groups excluding carboxylic acids is 1. The third-order valence-corrected chi connectivity index (χ3v) is 9.30. The number of aryl methyl sites for hydroxylation is 2. The molecule has 4 aromatic rings. The zero-order valence-corrected chi connectivity index (χ0v) is 24.1. The number of anilines is 3. The Morgan fingerprint density at radius 2 is 1.44 bits per heavy atom. The average Bonchev–Trinajstić information content (AvgIpc) is 2.94. The van der Waals surface area contributed by atoms with E-state index >= 15 is 0 Å². The molecule has 0 saturated carbocycles. The highest BCUT2D eigenvalue weighted by Gasteiger charge is 2.27. The van der Waals surface area contributed by atoms with Crippen LogP contribution in [0.5, 0.6) is 5.75 Å². The van der Waals surface area contributed by atoms with Gasteiger partial charge in [0, 0.05) is 5.69 Å². The summed E-state index contributed by atoms with van der Waals surface area (Å²) in [6, 6.07) is 21.2. The van der Waals surface area contributed by atoms with Gasteiger partial charge in [-0.1, -0.05) is 12.1 Å².